The highest BCUT2D eigenvalue weighted by molar-refractivity contribution is 9.10. The molecule has 0 unspecified atom stereocenters. The highest BCUT2D eigenvalue weighted by Crippen LogP contribution is 2.23. The Bertz CT molecular complexity index is 623. The molecule has 2 rings (SSSR count). The van der Waals surface area contributed by atoms with E-state index in [-0.39, 0.29) is 0 Å². The molecule has 0 fully saturated rings. The average Bonchev–Trinajstić information content (AvgIpc) is 2.42. The maximum absolute atomic E-state index is 12.1. The predicted molar refractivity (Wildman–Crippen MR) is 81.4 cm³/mol. The van der Waals surface area contributed by atoms with Crippen molar-refractivity contribution in [2.75, 3.05) is 6.61 Å². The minimum Gasteiger partial charge on any atom is -0.494 e. The summed E-state index contributed by atoms with van der Waals surface area (Å²) < 4.78 is 11.7. The summed E-state index contributed by atoms with van der Waals surface area (Å²) in [6, 6.07) is 12.5. The highest BCUT2D eigenvalue weighted by atomic mass is 79.9. The lowest BCUT2D eigenvalue weighted by Gasteiger charge is -2.09. The fourth-order valence-electron chi connectivity index (χ4n) is 1.77. The van der Waals surface area contributed by atoms with Gasteiger partial charge in [-0.15, -0.1) is 0 Å². The third-order valence-electron chi connectivity index (χ3n) is 2.72. The van der Waals surface area contributed by atoms with Gasteiger partial charge in [-0.05, 0) is 55.8 Å². The van der Waals surface area contributed by atoms with Crippen molar-refractivity contribution in [1.82, 2.24) is 0 Å². The molecule has 0 aliphatic rings. The summed E-state index contributed by atoms with van der Waals surface area (Å²) in [5, 5.41) is 0. The van der Waals surface area contributed by atoms with Gasteiger partial charge in [0.25, 0.3) is 0 Å². The van der Waals surface area contributed by atoms with E-state index in [1.54, 1.807) is 24.3 Å². The van der Waals surface area contributed by atoms with Gasteiger partial charge in [-0.3, -0.25) is 0 Å². The summed E-state index contributed by atoms with van der Waals surface area (Å²) in [4.78, 5) is 12.1. The molecule has 3 nitrogen and oxygen atoms in total. The largest absolute Gasteiger partial charge is 0.494 e. The molecular weight excluding hydrogens is 320 g/mol. The third kappa shape index (κ3) is 3.61. The minimum absolute atomic E-state index is 0.392. The van der Waals surface area contributed by atoms with E-state index in [4.69, 9.17) is 9.47 Å². The summed E-state index contributed by atoms with van der Waals surface area (Å²) >= 11 is 3.38. The van der Waals surface area contributed by atoms with Gasteiger partial charge >= 0.3 is 5.97 Å². The molecule has 0 N–H and O–H groups in total. The lowest BCUT2D eigenvalue weighted by molar-refractivity contribution is 0.0733. The standard InChI is InChI=1S/C16H15BrO3/c1-3-19-14-6-4-5-12(10-14)16(18)20-15-8-7-13(17)9-11(15)2/h4-10H,3H2,1-2H3. The minimum atomic E-state index is -0.392. The molecule has 0 aliphatic carbocycles. The van der Waals surface area contributed by atoms with Crippen molar-refractivity contribution >= 4 is 21.9 Å². The van der Waals surface area contributed by atoms with Gasteiger partial charge in [0, 0.05) is 4.47 Å². The van der Waals surface area contributed by atoms with Crippen LogP contribution in [0.2, 0.25) is 0 Å². The van der Waals surface area contributed by atoms with Gasteiger partial charge in [0.2, 0.25) is 0 Å². The second-order valence-electron chi connectivity index (χ2n) is 4.26. The van der Waals surface area contributed by atoms with E-state index >= 15 is 0 Å². The molecule has 0 atom stereocenters. The molecule has 104 valence electrons. The zero-order valence-corrected chi connectivity index (χ0v) is 12.9. The molecule has 0 aliphatic heterocycles. The molecular formula is C16H15BrO3. The van der Waals surface area contributed by atoms with Crippen LogP contribution in [0, 0.1) is 6.92 Å². The van der Waals surface area contributed by atoms with Crippen molar-refractivity contribution in [3.8, 4) is 11.5 Å². The van der Waals surface area contributed by atoms with Crippen molar-refractivity contribution in [1.29, 1.82) is 0 Å². The normalized spacial score (nSPS) is 10.2. The van der Waals surface area contributed by atoms with E-state index in [1.165, 1.54) is 0 Å². The number of aryl methyl sites for hydroxylation is 1. The summed E-state index contributed by atoms with van der Waals surface area (Å²) in [5.41, 5.74) is 1.37. The first-order chi connectivity index (χ1) is 9.60. The van der Waals surface area contributed by atoms with Crippen LogP contribution in [0.5, 0.6) is 11.5 Å². The molecule has 0 amide bonds. The van der Waals surface area contributed by atoms with E-state index in [9.17, 15) is 4.79 Å². The van der Waals surface area contributed by atoms with Crippen LogP contribution in [-0.2, 0) is 0 Å². The van der Waals surface area contributed by atoms with Crippen LogP contribution in [-0.4, -0.2) is 12.6 Å². The van der Waals surface area contributed by atoms with Gasteiger partial charge in [0.15, 0.2) is 0 Å². The first kappa shape index (κ1) is 14.6. The van der Waals surface area contributed by atoms with Crippen molar-refractivity contribution in [2.24, 2.45) is 0 Å². The van der Waals surface area contributed by atoms with Gasteiger partial charge < -0.3 is 9.47 Å². The molecule has 2 aromatic carbocycles. The molecule has 20 heavy (non-hydrogen) atoms. The number of halogens is 1. The Morgan fingerprint density at radius 3 is 2.70 bits per heavy atom. The lowest BCUT2D eigenvalue weighted by Crippen LogP contribution is -2.09. The van der Waals surface area contributed by atoms with Crippen LogP contribution in [0.15, 0.2) is 46.9 Å². The van der Waals surface area contributed by atoms with Gasteiger partial charge in [0.1, 0.15) is 11.5 Å². The number of carbonyl (C=O) groups excluding carboxylic acids is 1. The smallest absolute Gasteiger partial charge is 0.343 e. The Balaban J connectivity index is 2.17. The third-order valence-corrected chi connectivity index (χ3v) is 3.21. The lowest BCUT2D eigenvalue weighted by atomic mass is 10.2. The Kier molecular flexibility index (Phi) is 4.79. The Labute approximate surface area is 126 Å². The second-order valence-corrected chi connectivity index (χ2v) is 5.18. The fraction of sp³-hybridized carbons (Fsp3) is 0.188. The number of ether oxygens (including phenoxy) is 2. The van der Waals surface area contributed by atoms with Crippen molar-refractivity contribution in [3.05, 3.63) is 58.1 Å². The summed E-state index contributed by atoms with van der Waals surface area (Å²) in [6.45, 7) is 4.35. The van der Waals surface area contributed by atoms with Crippen LogP contribution in [0.1, 0.15) is 22.8 Å². The zero-order chi connectivity index (χ0) is 14.5. The van der Waals surface area contributed by atoms with Gasteiger partial charge in [-0.25, -0.2) is 4.79 Å². The first-order valence-electron chi connectivity index (χ1n) is 6.31. The molecule has 2 aromatic rings. The maximum atomic E-state index is 12.1. The van der Waals surface area contributed by atoms with Crippen LogP contribution < -0.4 is 9.47 Å². The van der Waals surface area contributed by atoms with Crippen molar-refractivity contribution < 1.29 is 14.3 Å². The molecule has 0 bridgehead atoms. The highest BCUT2D eigenvalue weighted by Gasteiger charge is 2.11. The van der Waals surface area contributed by atoms with E-state index in [0.29, 0.717) is 23.7 Å². The van der Waals surface area contributed by atoms with Crippen molar-refractivity contribution in [3.63, 3.8) is 0 Å². The molecule has 0 saturated carbocycles. The fourth-order valence-corrected chi connectivity index (χ4v) is 2.24. The molecule has 0 spiro atoms. The Hall–Kier alpha value is -1.81. The molecule has 0 heterocycles. The molecule has 4 heteroatoms. The second kappa shape index (κ2) is 6.57. The first-order valence-corrected chi connectivity index (χ1v) is 7.10. The van der Waals surface area contributed by atoms with Gasteiger partial charge in [-0.2, -0.15) is 0 Å². The predicted octanol–water partition coefficient (Wildman–Crippen LogP) is 4.38. The van der Waals surface area contributed by atoms with Crippen LogP contribution in [0.3, 0.4) is 0 Å². The molecule has 0 saturated heterocycles. The summed E-state index contributed by atoms with van der Waals surface area (Å²) in [6.07, 6.45) is 0. The number of rotatable bonds is 4. The van der Waals surface area contributed by atoms with Gasteiger partial charge in [0.05, 0.1) is 12.2 Å². The Morgan fingerprint density at radius 2 is 2.00 bits per heavy atom. The topological polar surface area (TPSA) is 35.5 Å². The summed E-state index contributed by atoms with van der Waals surface area (Å²) in [5.74, 6) is 0.825. The number of carbonyl (C=O) groups is 1. The van der Waals surface area contributed by atoms with Crippen LogP contribution >= 0.6 is 15.9 Å². The summed E-state index contributed by atoms with van der Waals surface area (Å²) in [7, 11) is 0. The molecule has 0 aromatic heterocycles. The number of esters is 1. The quantitative estimate of drug-likeness (QED) is 0.615. The number of benzene rings is 2. The van der Waals surface area contributed by atoms with E-state index in [0.717, 1.165) is 10.0 Å². The molecule has 0 radical (unpaired) electrons. The van der Waals surface area contributed by atoms with Crippen LogP contribution in [0.25, 0.3) is 0 Å². The average molecular weight is 335 g/mol. The Morgan fingerprint density at radius 1 is 1.20 bits per heavy atom. The van der Waals surface area contributed by atoms with E-state index in [2.05, 4.69) is 15.9 Å². The van der Waals surface area contributed by atoms with Crippen molar-refractivity contribution in [2.45, 2.75) is 13.8 Å². The monoisotopic (exact) mass is 334 g/mol. The van der Waals surface area contributed by atoms with Crippen LogP contribution in [0.4, 0.5) is 0 Å². The van der Waals surface area contributed by atoms with E-state index in [1.807, 2.05) is 32.0 Å². The SMILES string of the molecule is CCOc1cccc(C(=O)Oc2ccc(Br)cc2C)c1. The zero-order valence-electron chi connectivity index (χ0n) is 11.4. The number of hydrogen-bond acceptors (Lipinski definition) is 3. The number of hydrogen-bond donors (Lipinski definition) is 0. The van der Waals surface area contributed by atoms with E-state index < -0.39 is 5.97 Å². The van der Waals surface area contributed by atoms with Gasteiger partial charge in [-0.1, -0.05) is 22.0 Å². The maximum Gasteiger partial charge on any atom is 0.343 e.